The lowest BCUT2D eigenvalue weighted by atomic mass is 10.1. The van der Waals surface area contributed by atoms with Crippen molar-refractivity contribution in [3.8, 4) is 5.75 Å². The van der Waals surface area contributed by atoms with Crippen molar-refractivity contribution in [1.82, 2.24) is 0 Å². The summed E-state index contributed by atoms with van der Waals surface area (Å²) < 4.78 is 28.0. The standard InChI is InChI=1S/C12H14O4S/c1-16-9-5-3-8(4-6-9)11-10(7-13)12(11)17(2,14)15/h3-7,10-12H,1-2H3/t10-,11+,12-/m1/s1. The lowest BCUT2D eigenvalue weighted by Gasteiger charge is -2.02. The van der Waals surface area contributed by atoms with Gasteiger partial charge in [0, 0.05) is 18.1 Å². The van der Waals surface area contributed by atoms with E-state index < -0.39 is 21.0 Å². The van der Waals surface area contributed by atoms with Gasteiger partial charge < -0.3 is 9.53 Å². The number of benzene rings is 1. The van der Waals surface area contributed by atoms with Gasteiger partial charge in [-0.25, -0.2) is 8.42 Å². The molecule has 2 rings (SSSR count). The van der Waals surface area contributed by atoms with Crippen LogP contribution in [-0.2, 0) is 14.6 Å². The zero-order valence-electron chi connectivity index (χ0n) is 9.66. The first-order valence-electron chi connectivity index (χ1n) is 5.27. The van der Waals surface area contributed by atoms with Gasteiger partial charge in [0.05, 0.1) is 12.4 Å². The summed E-state index contributed by atoms with van der Waals surface area (Å²) >= 11 is 0. The summed E-state index contributed by atoms with van der Waals surface area (Å²) in [5.41, 5.74) is 0.873. The van der Waals surface area contributed by atoms with Gasteiger partial charge in [0.15, 0.2) is 9.84 Å². The summed E-state index contributed by atoms with van der Waals surface area (Å²) in [5, 5.41) is -0.562. The minimum Gasteiger partial charge on any atom is -0.497 e. The van der Waals surface area contributed by atoms with Crippen LogP contribution in [-0.4, -0.2) is 33.3 Å². The molecule has 0 N–H and O–H groups in total. The van der Waals surface area contributed by atoms with Crippen molar-refractivity contribution < 1.29 is 17.9 Å². The number of sulfone groups is 1. The van der Waals surface area contributed by atoms with Gasteiger partial charge in [-0.2, -0.15) is 0 Å². The molecular formula is C12H14O4S. The Kier molecular flexibility index (Phi) is 2.95. The van der Waals surface area contributed by atoms with E-state index in [1.165, 1.54) is 6.26 Å². The minimum absolute atomic E-state index is 0.201. The Balaban J connectivity index is 2.26. The first kappa shape index (κ1) is 12.1. The first-order chi connectivity index (χ1) is 7.99. The van der Waals surface area contributed by atoms with Crippen LogP contribution in [0.5, 0.6) is 5.75 Å². The number of hydrogen-bond acceptors (Lipinski definition) is 4. The third kappa shape index (κ3) is 2.20. The quantitative estimate of drug-likeness (QED) is 0.753. The van der Waals surface area contributed by atoms with E-state index in [1.54, 1.807) is 19.2 Å². The zero-order chi connectivity index (χ0) is 12.6. The van der Waals surface area contributed by atoms with E-state index in [1.807, 2.05) is 12.1 Å². The van der Waals surface area contributed by atoms with Gasteiger partial charge in [0.2, 0.25) is 0 Å². The molecule has 5 heteroatoms. The number of carbonyl (C=O) groups excluding carboxylic acids is 1. The third-order valence-corrected chi connectivity index (χ3v) is 4.76. The molecule has 0 aliphatic heterocycles. The highest BCUT2D eigenvalue weighted by Gasteiger charge is 2.57. The van der Waals surface area contributed by atoms with Crippen LogP contribution in [0.4, 0.5) is 0 Å². The highest BCUT2D eigenvalue weighted by atomic mass is 32.2. The van der Waals surface area contributed by atoms with Crippen LogP contribution in [0.2, 0.25) is 0 Å². The highest BCUT2D eigenvalue weighted by Crippen LogP contribution is 2.50. The minimum atomic E-state index is -3.17. The summed E-state index contributed by atoms with van der Waals surface area (Å²) in [6.07, 6.45) is 1.91. The number of carbonyl (C=O) groups is 1. The van der Waals surface area contributed by atoms with Crippen LogP contribution in [0, 0.1) is 5.92 Å². The predicted molar refractivity (Wildman–Crippen MR) is 63.9 cm³/mol. The molecule has 92 valence electrons. The highest BCUT2D eigenvalue weighted by molar-refractivity contribution is 7.91. The van der Waals surface area contributed by atoms with E-state index >= 15 is 0 Å². The van der Waals surface area contributed by atoms with Crippen LogP contribution in [0.25, 0.3) is 0 Å². The smallest absolute Gasteiger partial charge is 0.151 e. The molecule has 0 unspecified atom stereocenters. The number of rotatable bonds is 4. The van der Waals surface area contributed by atoms with E-state index in [4.69, 9.17) is 4.74 Å². The van der Waals surface area contributed by atoms with Gasteiger partial charge >= 0.3 is 0 Å². The Labute approximate surface area is 101 Å². The van der Waals surface area contributed by atoms with E-state index in [9.17, 15) is 13.2 Å². The summed E-state index contributed by atoms with van der Waals surface area (Å²) in [5.74, 6) is 0.111. The molecule has 0 radical (unpaired) electrons. The molecular weight excluding hydrogens is 240 g/mol. The molecule has 0 spiro atoms. The van der Waals surface area contributed by atoms with Crippen molar-refractivity contribution in [1.29, 1.82) is 0 Å². The maximum Gasteiger partial charge on any atom is 0.151 e. The molecule has 1 aliphatic carbocycles. The second-order valence-corrected chi connectivity index (χ2v) is 6.51. The van der Waals surface area contributed by atoms with E-state index in [0.29, 0.717) is 5.75 Å². The lowest BCUT2D eigenvalue weighted by Crippen LogP contribution is -2.07. The summed E-state index contributed by atoms with van der Waals surface area (Å²) in [6, 6.07) is 7.17. The fraction of sp³-hybridized carbons (Fsp3) is 0.417. The monoisotopic (exact) mass is 254 g/mol. The molecule has 1 aliphatic rings. The van der Waals surface area contributed by atoms with Crippen LogP contribution >= 0.6 is 0 Å². The Morgan fingerprint density at radius 1 is 1.24 bits per heavy atom. The SMILES string of the molecule is COc1ccc([C@H]2[C@@H](C=O)[C@H]2S(C)(=O)=O)cc1. The maximum atomic E-state index is 11.5. The molecule has 0 saturated heterocycles. The van der Waals surface area contributed by atoms with E-state index in [0.717, 1.165) is 11.8 Å². The number of methoxy groups -OCH3 is 1. The molecule has 4 nitrogen and oxygen atoms in total. The van der Waals surface area contributed by atoms with Crippen molar-refractivity contribution in [2.45, 2.75) is 11.2 Å². The molecule has 1 aromatic rings. The van der Waals surface area contributed by atoms with Crippen LogP contribution in [0.15, 0.2) is 24.3 Å². The summed E-state index contributed by atoms with van der Waals surface area (Å²) in [6.45, 7) is 0. The van der Waals surface area contributed by atoms with E-state index in [-0.39, 0.29) is 5.92 Å². The molecule has 1 fully saturated rings. The predicted octanol–water partition coefficient (Wildman–Crippen LogP) is 1.02. The third-order valence-electron chi connectivity index (χ3n) is 3.16. The molecule has 1 aromatic carbocycles. The second kappa shape index (κ2) is 4.14. The topological polar surface area (TPSA) is 60.4 Å². The van der Waals surface area contributed by atoms with Gasteiger partial charge in [0.1, 0.15) is 12.0 Å². The summed E-state index contributed by atoms with van der Waals surface area (Å²) in [4.78, 5) is 10.8. The average Bonchev–Trinajstić information content (AvgIpc) is 3.03. The molecule has 0 amide bonds. The Morgan fingerprint density at radius 2 is 1.82 bits per heavy atom. The number of ether oxygens (including phenoxy) is 1. The Bertz CT molecular complexity index is 518. The fourth-order valence-electron chi connectivity index (χ4n) is 2.26. The Morgan fingerprint density at radius 3 is 2.18 bits per heavy atom. The van der Waals surface area contributed by atoms with Gasteiger partial charge in [-0.1, -0.05) is 12.1 Å². The second-order valence-electron chi connectivity index (χ2n) is 4.31. The maximum absolute atomic E-state index is 11.5. The molecule has 3 atom stereocenters. The van der Waals surface area contributed by atoms with Gasteiger partial charge in [-0.3, -0.25) is 0 Å². The zero-order valence-corrected chi connectivity index (χ0v) is 10.5. The fourth-order valence-corrected chi connectivity index (χ4v) is 3.84. The van der Waals surface area contributed by atoms with Crippen molar-refractivity contribution in [2.75, 3.05) is 13.4 Å². The van der Waals surface area contributed by atoms with Crippen molar-refractivity contribution in [2.24, 2.45) is 5.92 Å². The number of aldehydes is 1. The van der Waals surface area contributed by atoms with Crippen LogP contribution in [0.3, 0.4) is 0 Å². The van der Waals surface area contributed by atoms with Gasteiger partial charge in [-0.15, -0.1) is 0 Å². The first-order valence-corrected chi connectivity index (χ1v) is 7.22. The van der Waals surface area contributed by atoms with Gasteiger partial charge in [-0.05, 0) is 17.7 Å². The van der Waals surface area contributed by atoms with Crippen molar-refractivity contribution in [3.63, 3.8) is 0 Å². The Hall–Kier alpha value is -1.36. The largest absolute Gasteiger partial charge is 0.497 e. The van der Waals surface area contributed by atoms with Crippen molar-refractivity contribution >= 4 is 16.1 Å². The molecule has 1 saturated carbocycles. The molecule has 0 aromatic heterocycles. The average molecular weight is 254 g/mol. The molecule has 17 heavy (non-hydrogen) atoms. The van der Waals surface area contributed by atoms with Crippen LogP contribution < -0.4 is 4.74 Å². The van der Waals surface area contributed by atoms with E-state index in [2.05, 4.69) is 0 Å². The lowest BCUT2D eigenvalue weighted by molar-refractivity contribution is -0.108. The molecule has 0 bridgehead atoms. The summed E-state index contributed by atoms with van der Waals surface area (Å²) in [7, 11) is -1.60. The molecule has 0 heterocycles. The van der Waals surface area contributed by atoms with Crippen molar-refractivity contribution in [3.05, 3.63) is 29.8 Å². The van der Waals surface area contributed by atoms with Crippen LogP contribution in [0.1, 0.15) is 11.5 Å². The number of hydrogen-bond donors (Lipinski definition) is 0. The normalized spacial score (nSPS) is 27.5. The van der Waals surface area contributed by atoms with Gasteiger partial charge in [0.25, 0.3) is 0 Å².